The molecule has 0 aliphatic heterocycles. The van der Waals surface area contributed by atoms with Gasteiger partial charge in [-0.25, -0.2) is 9.98 Å². The first kappa shape index (κ1) is 26.4. The summed E-state index contributed by atoms with van der Waals surface area (Å²) < 4.78 is 2.31. The molecule has 206 valence electrons. The Labute approximate surface area is 251 Å². The van der Waals surface area contributed by atoms with Crippen LogP contribution in [0.1, 0.15) is 18.1 Å². The molecule has 7 rings (SSSR count). The van der Waals surface area contributed by atoms with Crippen molar-refractivity contribution in [2.24, 2.45) is 4.99 Å². The Morgan fingerprint density at radius 3 is 2.23 bits per heavy atom. The van der Waals surface area contributed by atoms with E-state index in [1.807, 2.05) is 12.2 Å². The molecule has 0 fully saturated rings. The number of allylic oxidation sites excluding steroid dienone is 4. The van der Waals surface area contributed by atoms with Crippen molar-refractivity contribution in [2.75, 3.05) is 0 Å². The Morgan fingerprint density at radius 2 is 1.47 bits per heavy atom. The predicted octanol–water partition coefficient (Wildman–Crippen LogP) is 10.8. The molecule has 7 aromatic rings. The van der Waals surface area contributed by atoms with Crippen LogP contribution in [-0.4, -0.2) is 15.4 Å². The largest absolute Gasteiger partial charge is 0.297 e. The zero-order valence-electron chi connectivity index (χ0n) is 24.4. The van der Waals surface area contributed by atoms with Crippen molar-refractivity contribution in [3.8, 4) is 11.3 Å². The maximum Gasteiger partial charge on any atom is 0.110 e. The third kappa shape index (κ3) is 4.29. The van der Waals surface area contributed by atoms with Gasteiger partial charge in [-0.15, -0.1) is 0 Å². The molecule has 43 heavy (non-hydrogen) atoms. The van der Waals surface area contributed by atoms with Crippen LogP contribution >= 0.6 is 0 Å². The molecule has 0 aliphatic rings. The Hall–Kier alpha value is -5.54. The van der Waals surface area contributed by atoms with Gasteiger partial charge < -0.3 is 0 Å². The average molecular weight is 554 g/mol. The van der Waals surface area contributed by atoms with Crippen LogP contribution < -0.4 is 0 Å². The lowest BCUT2D eigenvalue weighted by Gasteiger charge is -2.11. The van der Waals surface area contributed by atoms with Crippen LogP contribution in [0.3, 0.4) is 0 Å². The first-order valence-electron chi connectivity index (χ1n) is 14.5. The molecule has 0 bridgehead atoms. The topological polar surface area (TPSA) is 30.2 Å². The van der Waals surface area contributed by atoms with Gasteiger partial charge in [0.1, 0.15) is 5.84 Å². The quantitative estimate of drug-likeness (QED) is 0.0902. The van der Waals surface area contributed by atoms with Crippen molar-refractivity contribution in [1.82, 2.24) is 9.55 Å². The van der Waals surface area contributed by atoms with Crippen molar-refractivity contribution in [1.29, 1.82) is 0 Å². The monoisotopic (exact) mass is 553 g/mol. The second-order valence-corrected chi connectivity index (χ2v) is 10.8. The van der Waals surface area contributed by atoms with Crippen molar-refractivity contribution < 1.29 is 0 Å². The van der Waals surface area contributed by atoms with Gasteiger partial charge in [-0.2, -0.15) is 0 Å². The lowest BCUT2D eigenvalue weighted by molar-refractivity contribution is 1.24. The van der Waals surface area contributed by atoms with Crippen molar-refractivity contribution in [3.63, 3.8) is 0 Å². The number of aliphatic imine (C=N–C) groups is 1. The number of rotatable bonds is 5. The fourth-order valence-corrected chi connectivity index (χ4v) is 6.30. The summed E-state index contributed by atoms with van der Waals surface area (Å²) in [5.74, 6) is 0.886. The maximum atomic E-state index is 5.19. The van der Waals surface area contributed by atoms with E-state index in [0.29, 0.717) is 0 Å². The van der Waals surface area contributed by atoms with Gasteiger partial charge >= 0.3 is 0 Å². The summed E-state index contributed by atoms with van der Waals surface area (Å²) in [6, 6.07) is 32.7. The molecule has 0 saturated carbocycles. The smallest absolute Gasteiger partial charge is 0.110 e. The number of benzene rings is 5. The summed E-state index contributed by atoms with van der Waals surface area (Å²) in [6.07, 6.45) is 11.3. The molecule has 5 aromatic carbocycles. The van der Waals surface area contributed by atoms with Gasteiger partial charge in [0.05, 0.1) is 22.2 Å². The summed E-state index contributed by atoms with van der Waals surface area (Å²) in [4.78, 5) is 10.0. The molecule has 2 aromatic heterocycles. The Morgan fingerprint density at radius 1 is 0.767 bits per heavy atom. The van der Waals surface area contributed by atoms with Crippen LogP contribution in [0.5, 0.6) is 0 Å². The summed E-state index contributed by atoms with van der Waals surface area (Å²) in [6.45, 7) is 11.8. The van der Waals surface area contributed by atoms with E-state index in [9.17, 15) is 0 Å². The minimum Gasteiger partial charge on any atom is -0.297 e. The average Bonchev–Trinajstić information content (AvgIpc) is 3.40. The number of pyridine rings is 1. The summed E-state index contributed by atoms with van der Waals surface area (Å²) >= 11 is 0. The Bertz CT molecular complexity index is 2340. The molecule has 0 radical (unpaired) electrons. The van der Waals surface area contributed by atoms with Crippen LogP contribution in [0.4, 0.5) is 0 Å². The van der Waals surface area contributed by atoms with Crippen LogP contribution in [0.2, 0.25) is 0 Å². The minimum atomic E-state index is 0.886. The number of hydrogen-bond donors (Lipinski definition) is 0. The number of nitrogens with zero attached hydrogens (tertiary/aromatic N) is 3. The van der Waals surface area contributed by atoms with E-state index in [0.717, 1.165) is 50.2 Å². The highest BCUT2D eigenvalue weighted by Crippen LogP contribution is 2.42. The van der Waals surface area contributed by atoms with E-state index in [2.05, 4.69) is 129 Å². The predicted molar refractivity (Wildman–Crippen MR) is 187 cm³/mol. The Balaban J connectivity index is 1.56. The van der Waals surface area contributed by atoms with Gasteiger partial charge in [-0.05, 0) is 59.3 Å². The fourth-order valence-electron chi connectivity index (χ4n) is 6.30. The van der Waals surface area contributed by atoms with E-state index in [1.165, 1.54) is 32.3 Å². The molecule has 0 spiro atoms. The molecular formula is C40H31N3. The highest BCUT2D eigenvalue weighted by molar-refractivity contribution is 6.33. The highest BCUT2D eigenvalue weighted by Gasteiger charge is 2.20. The Kier molecular flexibility index (Phi) is 6.56. The maximum absolute atomic E-state index is 5.19. The van der Waals surface area contributed by atoms with Gasteiger partial charge in [0.2, 0.25) is 0 Å². The van der Waals surface area contributed by atoms with Gasteiger partial charge in [-0.3, -0.25) is 4.57 Å². The van der Waals surface area contributed by atoms with E-state index in [-0.39, 0.29) is 0 Å². The summed E-state index contributed by atoms with van der Waals surface area (Å²) in [5, 5.41) is 8.48. The molecule has 0 aliphatic carbocycles. The van der Waals surface area contributed by atoms with Gasteiger partial charge in [0, 0.05) is 33.3 Å². The molecular weight excluding hydrogens is 522 g/mol. The van der Waals surface area contributed by atoms with E-state index < -0.39 is 0 Å². The summed E-state index contributed by atoms with van der Waals surface area (Å²) in [7, 11) is 0. The van der Waals surface area contributed by atoms with Gasteiger partial charge in [0.15, 0.2) is 0 Å². The molecule has 0 unspecified atom stereocenters. The lowest BCUT2D eigenvalue weighted by atomic mass is 9.96. The molecule has 3 nitrogen and oxygen atoms in total. The van der Waals surface area contributed by atoms with Crippen molar-refractivity contribution >= 4 is 66.2 Å². The molecule has 2 heterocycles. The number of hydrogen-bond acceptors (Lipinski definition) is 2. The first-order chi connectivity index (χ1) is 21.1. The molecule has 0 amide bonds. The van der Waals surface area contributed by atoms with Crippen LogP contribution in [0, 0.1) is 6.92 Å². The highest BCUT2D eigenvalue weighted by atomic mass is 15.1. The first-order valence-corrected chi connectivity index (χ1v) is 14.5. The number of aryl methyl sites for hydroxylation is 1. The summed E-state index contributed by atoms with van der Waals surface area (Å²) in [5.41, 5.74) is 7.57. The lowest BCUT2D eigenvalue weighted by Crippen LogP contribution is -2.07. The van der Waals surface area contributed by atoms with Crippen LogP contribution in [0.15, 0.2) is 140 Å². The minimum absolute atomic E-state index is 0.886. The fraction of sp³-hybridized carbons (Fsp3) is 0.0500. The third-order valence-electron chi connectivity index (χ3n) is 8.31. The van der Waals surface area contributed by atoms with E-state index in [4.69, 9.17) is 9.98 Å². The third-order valence-corrected chi connectivity index (χ3v) is 8.31. The molecule has 3 heteroatoms. The van der Waals surface area contributed by atoms with E-state index in [1.54, 1.807) is 18.4 Å². The zero-order chi connectivity index (χ0) is 29.5. The second kappa shape index (κ2) is 10.7. The second-order valence-electron chi connectivity index (χ2n) is 10.8. The van der Waals surface area contributed by atoms with Gasteiger partial charge in [0.25, 0.3) is 0 Å². The van der Waals surface area contributed by atoms with Crippen molar-refractivity contribution in [3.05, 3.63) is 146 Å². The molecule has 0 atom stereocenters. The van der Waals surface area contributed by atoms with Crippen molar-refractivity contribution in [2.45, 2.75) is 13.8 Å². The normalized spacial score (nSPS) is 12.6. The standard InChI is InChI=1S/C40H31N3/c1-5-7-13-28-18-19-29-21-23-36(42-39(29)26(28)3)30-20-22-35-37(25-30)43(27(4)41-24-8-6-2)40-34-17-12-10-15-32(34)31-14-9-11-16-33(31)38(35)40/h5-25H,1-2H2,3-4H3/b13-7-,24-8-,41-27?. The van der Waals surface area contributed by atoms with E-state index >= 15 is 0 Å². The van der Waals surface area contributed by atoms with Gasteiger partial charge in [-0.1, -0.05) is 116 Å². The molecule has 0 N–H and O–H groups in total. The molecule has 0 saturated heterocycles. The van der Waals surface area contributed by atoms with Crippen LogP contribution in [0.25, 0.3) is 71.6 Å². The zero-order valence-corrected chi connectivity index (χ0v) is 24.4. The van der Waals surface area contributed by atoms with Crippen LogP contribution in [-0.2, 0) is 0 Å². The number of fused-ring (bicyclic) bond motifs is 9. The number of aromatic nitrogens is 2. The SMILES string of the molecule is C=C/C=C\N=C(C)n1c2cc(-c3ccc4ccc(/C=C\C=C)c(C)c4n3)ccc2c2c3ccccc3c3ccccc3c21.